The molecule has 0 aliphatic heterocycles. The standard InChI is InChI=1S/C13H20N2O3/c1-10(9-16)11(2)14-8-7-12-5-3-4-6-13(12)15(17)18/h3-6,10-11,14,16H,7-9H2,1-2H3. The van der Waals surface area contributed by atoms with Crippen molar-refractivity contribution in [3.63, 3.8) is 0 Å². The Hall–Kier alpha value is -1.46. The van der Waals surface area contributed by atoms with Gasteiger partial charge in [-0.25, -0.2) is 0 Å². The highest BCUT2D eigenvalue weighted by atomic mass is 16.6. The van der Waals surface area contributed by atoms with E-state index in [0.29, 0.717) is 13.0 Å². The average Bonchev–Trinajstić information content (AvgIpc) is 2.38. The van der Waals surface area contributed by atoms with Crippen LogP contribution in [0.3, 0.4) is 0 Å². The van der Waals surface area contributed by atoms with E-state index in [1.807, 2.05) is 19.9 Å². The first-order valence-electron chi connectivity index (χ1n) is 6.12. The van der Waals surface area contributed by atoms with E-state index in [0.717, 1.165) is 5.56 Å². The van der Waals surface area contributed by atoms with Crippen LogP contribution < -0.4 is 5.32 Å². The van der Waals surface area contributed by atoms with Crippen LogP contribution in [0.2, 0.25) is 0 Å². The van der Waals surface area contributed by atoms with Gasteiger partial charge in [-0.05, 0) is 25.8 Å². The number of hydrogen-bond donors (Lipinski definition) is 2. The van der Waals surface area contributed by atoms with Crippen molar-refractivity contribution in [2.75, 3.05) is 13.2 Å². The van der Waals surface area contributed by atoms with E-state index in [1.165, 1.54) is 6.07 Å². The SMILES string of the molecule is CC(CO)C(C)NCCc1ccccc1[N+](=O)[O-]. The Labute approximate surface area is 107 Å². The summed E-state index contributed by atoms with van der Waals surface area (Å²) >= 11 is 0. The van der Waals surface area contributed by atoms with Gasteiger partial charge in [0.15, 0.2) is 0 Å². The molecule has 100 valence electrons. The number of benzene rings is 1. The lowest BCUT2D eigenvalue weighted by atomic mass is 10.0. The topological polar surface area (TPSA) is 75.4 Å². The number of nitrogens with zero attached hydrogens (tertiary/aromatic N) is 1. The molecule has 0 saturated heterocycles. The Morgan fingerprint density at radius 1 is 1.39 bits per heavy atom. The van der Waals surface area contributed by atoms with Crippen LogP contribution in [0.1, 0.15) is 19.4 Å². The lowest BCUT2D eigenvalue weighted by Crippen LogP contribution is -2.35. The summed E-state index contributed by atoms with van der Waals surface area (Å²) in [5.41, 5.74) is 0.904. The molecule has 0 radical (unpaired) electrons. The van der Waals surface area contributed by atoms with E-state index in [9.17, 15) is 10.1 Å². The molecule has 0 aromatic heterocycles. The van der Waals surface area contributed by atoms with Crippen molar-refractivity contribution in [1.82, 2.24) is 5.32 Å². The van der Waals surface area contributed by atoms with Crippen LogP contribution in [0.4, 0.5) is 5.69 Å². The minimum absolute atomic E-state index is 0.139. The Balaban J connectivity index is 2.51. The fourth-order valence-electron chi connectivity index (χ4n) is 1.69. The average molecular weight is 252 g/mol. The summed E-state index contributed by atoms with van der Waals surface area (Å²) in [6, 6.07) is 6.97. The monoisotopic (exact) mass is 252 g/mol. The van der Waals surface area contributed by atoms with Gasteiger partial charge in [0.25, 0.3) is 5.69 Å². The zero-order chi connectivity index (χ0) is 13.5. The van der Waals surface area contributed by atoms with Gasteiger partial charge in [-0.1, -0.05) is 25.1 Å². The smallest absolute Gasteiger partial charge is 0.272 e. The Kier molecular flexibility index (Phi) is 5.74. The van der Waals surface area contributed by atoms with Gasteiger partial charge in [-0.3, -0.25) is 10.1 Å². The van der Waals surface area contributed by atoms with Crippen molar-refractivity contribution >= 4 is 5.69 Å². The summed E-state index contributed by atoms with van der Waals surface area (Å²) in [5.74, 6) is 0.177. The summed E-state index contributed by atoms with van der Waals surface area (Å²) < 4.78 is 0. The van der Waals surface area contributed by atoms with Crippen molar-refractivity contribution in [3.05, 3.63) is 39.9 Å². The summed E-state index contributed by atoms with van der Waals surface area (Å²) in [5, 5.41) is 23.1. The largest absolute Gasteiger partial charge is 0.396 e. The van der Waals surface area contributed by atoms with Crippen LogP contribution in [-0.4, -0.2) is 29.2 Å². The van der Waals surface area contributed by atoms with Gasteiger partial charge in [-0.2, -0.15) is 0 Å². The second-order valence-electron chi connectivity index (χ2n) is 4.54. The van der Waals surface area contributed by atoms with Gasteiger partial charge < -0.3 is 10.4 Å². The maximum atomic E-state index is 10.8. The minimum atomic E-state index is -0.352. The molecule has 0 saturated carbocycles. The summed E-state index contributed by atoms with van der Waals surface area (Å²) in [7, 11) is 0. The number of nitrogens with one attached hydrogen (secondary N) is 1. The summed E-state index contributed by atoms with van der Waals surface area (Å²) in [4.78, 5) is 10.5. The highest BCUT2D eigenvalue weighted by Gasteiger charge is 2.13. The molecule has 1 rings (SSSR count). The maximum absolute atomic E-state index is 10.8. The molecule has 18 heavy (non-hydrogen) atoms. The van der Waals surface area contributed by atoms with E-state index in [1.54, 1.807) is 12.1 Å². The Bertz CT molecular complexity index is 396. The molecular formula is C13H20N2O3. The first-order chi connectivity index (χ1) is 8.56. The normalized spacial score (nSPS) is 14.2. The molecule has 2 atom stereocenters. The molecule has 0 aliphatic carbocycles. The van der Waals surface area contributed by atoms with Gasteiger partial charge in [-0.15, -0.1) is 0 Å². The van der Waals surface area contributed by atoms with Crippen LogP contribution in [0.15, 0.2) is 24.3 Å². The van der Waals surface area contributed by atoms with Gasteiger partial charge in [0, 0.05) is 24.3 Å². The predicted molar refractivity (Wildman–Crippen MR) is 70.5 cm³/mol. The van der Waals surface area contributed by atoms with Crippen LogP contribution in [0.25, 0.3) is 0 Å². The third-order valence-electron chi connectivity index (χ3n) is 3.19. The van der Waals surface area contributed by atoms with Gasteiger partial charge >= 0.3 is 0 Å². The second-order valence-corrected chi connectivity index (χ2v) is 4.54. The van der Waals surface area contributed by atoms with Crippen molar-refractivity contribution in [2.45, 2.75) is 26.3 Å². The Morgan fingerprint density at radius 2 is 2.06 bits per heavy atom. The highest BCUT2D eigenvalue weighted by molar-refractivity contribution is 5.39. The van der Waals surface area contributed by atoms with E-state index in [2.05, 4.69) is 5.32 Å². The molecule has 5 heteroatoms. The van der Waals surface area contributed by atoms with Gasteiger partial charge in [0.1, 0.15) is 0 Å². The molecule has 0 fully saturated rings. The van der Waals surface area contributed by atoms with Crippen molar-refractivity contribution < 1.29 is 10.0 Å². The lowest BCUT2D eigenvalue weighted by Gasteiger charge is -2.19. The van der Waals surface area contributed by atoms with E-state index in [4.69, 9.17) is 5.11 Å². The third kappa shape index (κ3) is 4.09. The van der Waals surface area contributed by atoms with E-state index >= 15 is 0 Å². The first-order valence-corrected chi connectivity index (χ1v) is 6.12. The summed E-state index contributed by atoms with van der Waals surface area (Å²) in [6.07, 6.45) is 0.611. The van der Waals surface area contributed by atoms with Crippen molar-refractivity contribution in [3.8, 4) is 0 Å². The zero-order valence-corrected chi connectivity index (χ0v) is 10.8. The minimum Gasteiger partial charge on any atom is -0.396 e. The molecule has 0 aliphatic rings. The molecule has 1 aromatic rings. The summed E-state index contributed by atoms with van der Waals surface area (Å²) in [6.45, 7) is 4.76. The molecular weight excluding hydrogens is 232 g/mol. The van der Waals surface area contributed by atoms with Crippen molar-refractivity contribution in [1.29, 1.82) is 0 Å². The molecule has 2 unspecified atom stereocenters. The quantitative estimate of drug-likeness (QED) is 0.572. The molecule has 0 bridgehead atoms. The number of nitro groups is 1. The number of hydrogen-bond acceptors (Lipinski definition) is 4. The van der Waals surface area contributed by atoms with Crippen LogP contribution in [0, 0.1) is 16.0 Å². The fourth-order valence-corrected chi connectivity index (χ4v) is 1.69. The fraction of sp³-hybridized carbons (Fsp3) is 0.538. The van der Waals surface area contributed by atoms with E-state index < -0.39 is 0 Å². The highest BCUT2D eigenvalue weighted by Crippen LogP contribution is 2.17. The van der Waals surface area contributed by atoms with Crippen molar-refractivity contribution in [2.24, 2.45) is 5.92 Å². The molecule has 1 aromatic carbocycles. The number of aliphatic hydroxyl groups is 1. The predicted octanol–water partition coefficient (Wildman–Crippen LogP) is 1.74. The second kappa shape index (κ2) is 7.08. The van der Waals surface area contributed by atoms with Gasteiger partial charge in [0.05, 0.1) is 4.92 Å². The van der Waals surface area contributed by atoms with Crippen LogP contribution in [-0.2, 0) is 6.42 Å². The number of aliphatic hydroxyl groups excluding tert-OH is 1. The zero-order valence-electron chi connectivity index (χ0n) is 10.8. The number of nitro benzene ring substituents is 1. The van der Waals surface area contributed by atoms with Crippen LogP contribution in [0.5, 0.6) is 0 Å². The molecule has 0 spiro atoms. The molecule has 0 amide bonds. The van der Waals surface area contributed by atoms with Crippen LogP contribution >= 0.6 is 0 Å². The number of para-hydroxylation sites is 1. The van der Waals surface area contributed by atoms with E-state index in [-0.39, 0.29) is 29.2 Å². The molecule has 5 nitrogen and oxygen atoms in total. The molecule has 2 N–H and O–H groups in total. The molecule has 0 heterocycles. The third-order valence-corrected chi connectivity index (χ3v) is 3.19. The van der Waals surface area contributed by atoms with Gasteiger partial charge in [0.2, 0.25) is 0 Å². The number of rotatable bonds is 7. The maximum Gasteiger partial charge on any atom is 0.272 e. The first kappa shape index (κ1) is 14.6. The lowest BCUT2D eigenvalue weighted by molar-refractivity contribution is -0.385. The Morgan fingerprint density at radius 3 is 2.67 bits per heavy atom.